The zero-order valence-electron chi connectivity index (χ0n) is 8.79. The van der Waals surface area contributed by atoms with Gasteiger partial charge in [0, 0.05) is 6.54 Å². The Balaban J connectivity index is 2.46. The molecule has 1 heterocycles. The number of unbranched alkanes of at least 4 members (excludes halogenated alkanes) is 1. The molecule has 0 saturated carbocycles. The van der Waals surface area contributed by atoms with Crippen LogP contribution in [0.3, 0.4) is 0 Å². The zero-order valence-corrected chi connectivity index (χ0v) is 9.60. The number of carbonyl (C=O) groups excluding carboxylic acids is 1. The number of methoxy groups -OCH3 is 1. The first kappa shape index (κ1) is 12.0. The van der Waals surface area contributed by atoms with Crippen LogP contribution in [-0.2, 0) is 4.74 Å². The number of carbonyl (C=O) groups is 1. The van der Waals surface area contributed by atoms with Gasteiger partial charge in [-0.3, -0.25) is 0 Å². The Morgan fingerprint density at radius 1 is 1.60 bits per heavy atom. The van der Waals surface area contributed by atoms with E-state index in [9.17, 15) is 4.79 Å². The van der Waals surface area contributed by atoms with Crippen LogP contribution in [0.15, 0.2) is 11.4 Å². The van der Waals surface area contributed by atoms with Gasteiger partial charge in [0.25, 0.3) is 0 Å². The van der Waals surface area contributed by atoms with Crippen LogP contribution in [0.2, 0.25) is 0 Å². The molecule has 0 aliphatic rings. The standard InChI is InChI=1S/C10H16N2O2S/c1-14-10(13)9-8(4-7-15-9)12-6-3-2-5-11/h4,7,12H,2-3,5-6,11H2,1H3. The quantitative estimate of drug-likeness (QED) is 0.574. The van der Waals surface area contributed by atoms with Crippen molar-refractivity contribution in [2.75, 3.05) is 25.5 Å². The highest BCUT2D eigenvalue weighted by molar-refractivity contribution is 7.12. The first-order chi connectivity index (χ1) is 7.29. The fourth-order valence-corrected chi connectivity index (χ4v) is 1.98. The van der Waals surface area contributed by atoms with Crippen LogP contribution in [-0.4, -0.2) is 26.2 Å². The highest BCUT2D eigenvalue weighted by Gasteiger charge is 2.12. The van der Waals surface area contributed by atoms with E-state index < -0.39 is 0 Å². The average molecular weight is 228 g/mol. The van der Waals surface area contributed by atoms with E-state index in [0.717, 1.165) is 25.1 Å². The summed E-state index contributed by atoms with van der Waals surface area (Å²) in [6.07, 6.45) is 2.00. The molecule has 3 N–H and O–H groups in total. The van der Waals surface area contributed by atoms with E-state index >= 15 is 0 Å². The van der Waals surface area contributed by atoms with Crippen molar-refractivity contribution < 1.29 is 9.53 Å². The lowest BCUT2D eigenvalue weighted by Gasteiger charge is -2.05. The summed E-state index contributed by atoms with van der Waals surface area (Å²) in [7, 11) is 1.39. The predicted octanol–water partition coefficient (Wildman–Crippen LogP) is 1.69. The number of thiophene rings is 1. The molecule has 0 aliphatic heterocycles. The maximum Gasteiger partial charge on any atom is 0.350 e. The Kier molecular flexibility index (Phi) is 5.14. The molecule has 0 spiro atoms. The number of hydrogen-bond acceptors (Lipinski definition) is 5. The fourth-order valence-electron chi connectivity index (χ4n) is 1.19. The maximum absolute atomic E-state index is 11.3. The fraction of sp³-hybridized carbons (Fsp3) is 0.500. The van der Waals surface area contributed by atoms with Crippen molar-refractivity contribution in [2.45, 2.75) is 12.8 Å². The van der Waals surface area contributed by atoms with Crippen molar-refractivity contribution in [2.24, 2.45) is 5.73 Å². The second-order valence-corrected chi connectivity index (χ2v) is 3.99. The molecule has 0 unspecified atom stereocenters. The van der Waals surface area contributed by atoms with E-state index in [1.807, 2.05) is 11.4 Å². The number of esters is 1. The molecule has 0 aromatic carbocycles. The summed E-state index contributed by atoms with van der Waals surface area (Å²) >= 11 is 1.38. The number of nitrogens with one attached hydrogen (secondary N) is 1. The second-order valence-electron chi connectivity index (χ2n) is 3.08. The SMILES string of the molecule is COC(=O)c1sccc1NCCCCN. The average Bonchev–Trinajstić information content (AvgIpc) is 2.71. The Labute approximate surface area is 93.4 Å². The van der Waals surface area contributed by atoms with Crippen molar-refractivity contribution in [1.82, 2.24) is 0 Å². The second kappa shape index (κ2) is 6.42. The summed E-state index contributed by atoms with van der Waals surface area (Å²) in [5.74, 6) is -0.286. The molecule has 0 aliphatic carbocycles. The highest BCUT2D eigenvalue weighted by Crippen LogP contribution is 2.22. The minimum atomic E-state index is -0.286. The van der Waals surface area contributed by atoms with Gasteiger partial charge in [0.2, 0.25) is 0 Å². The number of hydrogen-bond donors (Lipinski definition) is 2. The van der Waals surface area contributed by atoms with Gasteiger partial charge in [0.05, 0.1) is 12.8 Å². The van der Waals surface area contributed by atoms with Crippen molar-refractivity contribution in [3.8, 4) is 0 Å². The Morgan fingerprint density at radius 3 is 3.07 bits per heavy atom. The topological polar surface area (TPSA) is 64.3 Å². The maximum atomic E-state index is 11.3. The van der Waals surface area contributed by atoms with Crippen LogP contribution in [0.5, 0.6) is 0 Å². The van der Waals surface area contributed by atoms with Crippen LogP contribution in [0.25, 0.3) is 0 Å². The molecule has 0 amide bonds. The molecular formula is C10H16N2O2S. The summed E-state index contributed by atoms with van der Waals surface area (Å²) in [4.78, 5) is 11.9. The molecule has 5 heteroatoms. The molecule has 0 fully saturated rings. The van der Waals surface area contributed by atoms with Crippen molar-refractivity contribution in [3.63, 3.8) is 0 Å². The Morgan fingerprint density at radius 2 is 2.40 bits per heavy atom. The van der Waals surface area contributed by atoms with Gasteiger partial charge in [0.1, 0.15) is 4.88 Å². The van der Waals surface area contributed by atoms with Gasteiger partial charge < -0.3 is 15.8 Å². The van der Waals surface area contributed by atoms with Gasteiger partial charge in [-0.1, -0.05) is 0 Å². The molecule has 15 heavy (non-hydrogen) atoms. The van der Waals surface area contributed by atoms with Gasteiger partial charge in [-0.2, -0.15) is 0 Å². The number of rotatable bonds is 6. The first-order valence-electron chi connectivity index (χ1n) is 4.89. The smallest absolute Gasteiger partial charge is 0.350 e. The molecule has 84 valence electrons. The third kappa shape index (κ3) is 3.53. The molecule has 0 bridgehead atoms. The predicted molar refractivity (Wildman–Crippen MR) is 62.4 cm³/mol. The molecule has 4 nitrogen and oxygen atoms in total. The van der Waals surface area contributed by atoms with Crippen LogP contribution >= 0.6 is 11.3 Å². The molecule has 0 saturated heterocycles. The van der Waals surface area contributed by atoms with Crippen LogP contribution in [0, 0.1) is 0 Å². The molecule has 0 radical (unpaired) electrons. The van der Waals surface area contributed by atoms with Crippen LogP contribution < -0.4 is 11.1 Å². The molecule has 1 aromatic rings. The number of ether oxygens (including phenoxy) is 1. The summed E-state index contributed by atoms with van der Waals surface area (Å²) in [6.45, 7) is 1.53. The third-order valence-electron chi connectivity index (χ3n) is 1.98. The molecule has 0 atom stereocenters. The lowest BCUT2D eigenvalue weighted by molar-refractivity contribution is 0.0607. The normalized spacial score (nSPS) is 10.0. The van der Waals surface area contributed by atoms with Crippen molar-refractivity contribution in [1.29, 1.82) is 0 Å². The Bertz CT molecular complexity index is 312. The minimum Gasteiger partial charge on any atom is -0.465 e. The van der Waals surface area contributed by atoms with E-state index in [4.69, 9.17) is 5.73 Å². The van der Waals surface area contributed by atoms with Crippen molar-refractivity contribution in [3.05, 3.63) is 16.3 Å². The highest BCUT2D eigenvalue weighted by atomic mass is 32.1. The van der Waals surface area contributed by atoms with Gasteiger partial charge in [-0.25, -0.2) is 4.79 Å². The lowest BCUT2D eigenvalue weighted by atomic mass is 10.3. The largest absolute Gasteiger partial charge is 0.465 e. The molecule has 1 aromatic heterocycles. The Hall–Kier alpha value is -1.07. The number of anilines is 1. The molecular weight excluding hydrogens is 212 g/mol. The van der Waals surface area contributed by atoms with Gasteiger partial charge in [-0.15, -0.1) is 11.3 Å². The van der Waals surface area contributed by atoms with Crippen LogP contribution in [0.4, 0.5) is 5.69 Å². The monoisotopic (exact) mass is 228 g/mol. The van der Waals surface area contributed by atoms with Crippen molar-refractivity contribution >= 4 is 23.0 Å². The summed E-state index contributed by atoms with van der Waals surface area (Å²) < 4.78 is 4.67. The zero-order chi connectivity index (χ0) is 11.1. The van der Waals surface area contributed by atoms with Gasteiger partial charge in [-0.05, 0) is 30.8 Å². The lowest BCUT2D eigenvalue weighted by Crippen LogP contribution is -2.08. The number of nitrogens with two attached hydrogens (primary N) is 1. The molecule has 1 rings (SSSR count). The minimum absolute atomic E-state index is 0.286. The van der Waals surface area contributed by atoms with E-state index in [2.05, 4.69) is 10.1 Å². The van der Waals surface area contributed by atoms with E-state index in [1.54, 1.807) is 0 Å². The van der Waals surface area contributed by atoms with E-state index in [1.165, 1.54) is 18.4 Å². The van der Waals surface area contributed by atoms with Gasteiger partial charge >= 0.3 is 5.97 Å². The third-order valence-corrected chi connectivity index (χ3v) is 2.88. The first-order valence-corrected chi connectivity index (χ1v) is 5.77. The summed E-state index contributed by atoms with van der Waals surface area (Å²) in [5, 5.41) is 5.07. The van der Waals surface area contributed by atoms with Crippen LogP contribution in [0.1, 0.15) is 22.5 Å². The summed E-state index contributed by atoms with van der Waals surface area (Å²) in [5.41, 5.74) is 6.24. The van der Waals surface area contributed by atoms with E-state index in [-0.39, 0.29) is 5.97 Å². The van der Waals surface area contributed by atoms with Gasteiger partial charge in [0.15, 0.2) is 0 Å². The van der Waals surface area contributed by atoms with E-state index in [0.29, 0.717) is 11.4 Å². The summed E-state index contributed by atoms with van der Waals surface area (Å²) in [6, 6.07) is 1.89.